The summed E-state index contributed by atoms with van der Waals surface area (Å²) in [6.07, 6.45) is 8.91. The predicted octanol–water partition coefficient (Wildman–Crippen LogP) is 5.73. The molecule has 3 N–H and O–H groups in total. The van der Waals surface area contributed by atoms with E-state index in [1.165, 1.54) is 11.0 Å². The van der Waals surface area contributed by atoms with E-state index >= 15 is 8.78 Å². The quantitative estimate of drug-likeness (QED) is 0.142. The molecule has 16 heteroatoms. The molecule has 0 radical (unpaired) electrons. The second-order valence-electron chi connectivity index (χ2n) is 17.4. The maximum absolute atomic E-state index is 16.6. The molecule has 4 amide bonds. The normalized spacial score (nSPS) is 18.9. The lowest BCUT2D eigenvalue weighted by Gasteiger charge is -2.44. The molecular weight excluding hydrogens is 819 g/mol. The SMILES string of the molecule is CN(C)C(=O)c1cc2c(-c3ccc(N4CCN(C5CCN(c6ccc(NC7CCC(=O)NC7=O)cc6F)CC5)CC4)cc3)cc(C3=CCCN(C(=O)CCn4cccn4)C3)c(F)c2[nH]1. The average molecular weight is 873 g/mol. The molecule has 4 aliphatic heterocycles. The Hall–Kier alpha value is -6.55. The zero-order valence-corrected chi connectivity index (χ0v) is 36.3. The summed E-state index contributed by atoms with van der Waals surface area (Å²) in [7, 11) is 3.33. The van der Waals surface area contributed by atoms with Crippen LogP contribution in [0.5, 0.6) is 0 Å². The minimum absolute atomic E-state index is 0.0117. The van der Waals surface area contributed by atoms with Gasteiger partial charge in [0.2, 0.25) is 17.7 Å². The number of nitrogens with one attached hydrogen (secondary N) is 3. The van der Waals surface area contributed by atoms with Crippen LogP contribution in [0.3, 0.4) is 0 Å². The number of piperazine rings is 1. The molecule has 4 aliphatic rings. The number of anilines is 3. The second-order valence-corrected chi connectivity index (χ2v) is 17.4. The minimum atomic E-state index is -0.567. The first kappa shape index (κ1) is 42.7. The van der Waals surface area contributed by atoms with Gasteiger partial charge in [-0.2, -0.15) is 5.10 Å². The molecular formula is C48H54F2N10O4. The van der Waals surface area contributed by atoms with E-state index in [9.17, 15) is 19.2 Å². The van der Waals surface area contributed by atoms with Crippen molar-refractivity contribution in [1.82, 2.24) is 34.8 Å². The monoisotopic (exact) mass is 872 g/mol. The first-order valence-corrected chi connectivity index (χ1v) is 22.2. The zero-order chi connectivity index (χ0) is 44.5. The van der Waals surface area contributed by atoms with Gasteiger partial charge in [-0.25, -0.2) is 8.78 Å². The van der Waals surface area contributed by atoms with Crippen LogP contribution in [0.4, 0.5) is 25.8 Å². The van der Waals surface area contributed by atoms with E-state index in [-0.39, 0.29) is 47.9 Å². The number of aryl methyl sites for hydroxylation is 1. The molecule has 2 aromatic heterocycles. The van der Waals surface area contributed by atoms with E-state index in [1.54, 1.807) is 48.1 Å². The molecule has 0 saturated carbocycles. The van der Waals surface area contributed by atoms with E-state index in [4.69, 9.17) is 0 Å². The van der Waals surface area contributed by atoms with Crippen molar-refractivity contribution in [2.75, 3.05) is 81.6 Å². The minimum Gasteiger partial charge on any atom is -0.374 e. The number of aromatic amines is 1. The summed E-state index contributed by atoms with van der Waals surface area (Å²) in [6.45, 7) is 6.35. The van der Waals surface area contributed by atoms with Crippen molar-refractivity contribution in [2.24, 2.45) is 0 Å². The van der Waals surface area contributed by atoms with Crippen LogP contribution < -0.4 is 20.4 Å². The summed E-state index contributed by atoms with van der Waals surface area (Å²) in [4.78, 5) is 63.4. The van der Waals surface area contributed by atoms with Gasteiger partial charge in [0, 0.05) is 127 Å². The fourth-order valence-corrected chi connectivity index (χ4v) is 9.60. The van der Waals surface area contributed by atoms with Crippen LogP contribution in [-0.4, -0.2) is 132 Å². The number of carbonyl (C=O) groups excluding carboxylic acids is 4. The highest BCUT2D eigenvalue weighted by Gasteiger charge is 2.31. The van der Waals surface area contributed by atoms with Crippen LogP contribution in [0.2, 0.25) is 0 Å². The van der Waals surface area contributed by atoms with Gasteiger partial charge in [-0.15, -0.1) is 0 Å². The average Bonchev–Trinajstić information content (AvgIpc) is 4.01. The number of halogens is 2. The number of fused-ring (bicyclic) bond motifs is 1. The molecule has 3 aromatic carbocycles. The van der Waals surface area contributed by atoms with Gasteiger partial charge < -0.3 is 29.9 Å². The van der Waals surface area contributed by atoms with Crippen molar-refractivity contribution in [3.05, 3.63) is 102 Å². The van der Waals surface area contributed by atoms with Gasteiger partial charge in [0.15, 0.2) is 5.82 Å². The van der Waals surface area contributed by atoms with Gasteiger partial charge in [-0.3, -0.25) is 34.1 Å². The molecule has 3 saturated heterocycles. The summed E-state index contributed by atoms with van der Waals surface area (Å²) in [5, 5.41) is 10.2. The Labute approximate surface area is 370 Å². The highest BCUT2D eigenvalue weighted by atomic mass is 19.1. The van der Waals surface area contributed by atoms with Crippen LogP contribution >= 0.6 is 0 Å². The number of nitrogens with zero attached hydrogens (tertiary/aromatic N) is 7. The molecule has 6 heterocycles. The van der Waals surface area contributed by atoms with Gasteiger partial charge in [0.25, 0.3) is 5.91 Å². The Bertz CT molecular complexity index is 2570. The molecule has 0 aliphatic carbocycles. The van der Waals surface area contributed by atoms with E-state index < -0.39 is 11.9 Å². The smallest absolute Gasteiger partial charge is 0.269 e. The van der Waals surface area contributed by atoms with Crippen molar-refractivity contribution in [3.8, 4) is 11.1 Å². The Morgan fingerprint density at radius 2 is 1.67 bits per heavy atom. The molecule has 0 spiro atoms. The fourth-order valence-electron chi connectivity index (χ4n) is 9.60. The van der Waals surface area contributed by atoms with Crippen LogP contribution in [-0.2, 0) is 20.9 Å². The zero-order valence-electron chi connectivity index (χ0n) is 36.3. The summed E-state index contributed by atoms with van der Waals surface area (Å²) in [5.41, 5.74) is 5.55. The van der Waals surface area contributed by atoms with Gasteiger partial charge in [-0.05, 0) is 90.9 Å². The number of rotatable bonds is 11. The summed E-state index contributed by atoms with van der Waals surface area (Å²) < 4.78 is 33.7. The highest BCUT2D eigenvalue weighted by Crippen LogP contribution is 2.38. The summed E-state index contributed by atoms with van der Waals surface area (Å²) in [6, 6.07) is 18.6. The van der Waals surface area contributed by atoms with Gasteiger partial charge in [-0.1, -0.05) is 18.2 Å². The maximum atomic E-state index is 16.6. The summed E-state index contributed by atoms with van der Waals surface area (Å²) in [5.74, 6) is -1.72. The van der Waals surface area contributed by atoms with Crippen molar-refractivity contribution in [2.45, 2.75) is 57.2 Å². The van der Waals surface area contributed by atoms with E-state index in [2.05, 4.69) is 59.7 Å². The lowest BCUT2D eigenvalue weighted by atomic mass is 9.93. The Morgan fingerprint density at radius 1 is 0.891 bits per heavy atom. The third kappa shape index (κ3) is 8.96. The maximum Gasteiger partial charge on any atom is 0.269 e. The number of amides is 4. The summed E-state index contributed by atoms with van der Waals surface area (Å²) >= 11 is 0. The molecule has 0 bridgehead atoms. The molecule has 64 heavy (non-hydrogen) atoms. The first-order chi connectivity index (χ1) is 31.0. The van der Waals surface area contributed by atoms with Gasteiger partial charge >= 0.3 is 0 Å². The molecule has 1 atom stereocenters. The van der Waals surface area contributed by atoms with Crippen molar-refractivity contribution < 1.29 is 28.0 Å². The number of piperidine rings is 2. The Balaban J connectivity index is 0.844. The highest BCUT2D eigenvalue weighted by molar-refractivity contribution is 6.05. The van der Waals surface area contributed by atoms with E-state index in [0.29, 0.717) is 66.4 Å². The van der Waals surface area contributed by atoms with Crippen LogP contribution in [0, 0.1) is 11.6 Å². The number of aromatic nitrogens is 3. The predicted molar refractivity (Wildman–Crippen MR) is 243 cm³/mol. The Kier molecular flexibility index (Phi) is 12.2. The van der Waals surface area contributed by atoms with E-state index in [1.807, 2.05) is 24.4 Å². The fraction of sp³-hybridized carbons (Fsp3) is 0.396. The molecule has 9 rings (SSSR count). The van der Waals surface area contributed by atoms with Crippen molar-refractivity contribution in [1.29, 1.82) is 0 Å². The standard InChI is InChI=1S/C48H54F2N10O4/c1-55(2)48(64)41-29-38-36(28-37(45(50)46(38)53-41)32-5-3-18-59(30-32)44(62)16-22-60-19-4-17-51-60)31-6-9-34(10-7-31)56-23-25-57(26-24-56)35-14-20-58(21-15-35)42-12-8-33(27-39(42)49)52-40-11-13-43(61)54-47(40)63/h4-10,12,17,19,27-29,35,40,52-53H,3,11,13-16,18,20-26,30H2,1-2H3,(H,54,61,63). The molecule has 3 fully saturated rings. The molecule has 14 nitrogen and oxygen atoms in total. The number of H-pyrrole nitrogens is 1. The van der Waals surface area contributed by atoms with Crippen molar-refractivity contribution >= 4 is 57.2 Å². The third-order valence-electron chi connectivity index (χ3n) is 13.2. The van der Waals surface area contributed by atoms with Gasteiger partial charge in [0.1, 0.15) is 17.6 Å². The van der Waals surface area contributed by atoms with Crippen LogP contribution in [0.15, 0.2) is 79.1 Å². The largest absolute Gasteiger partial charge is 0.374 e. The number of hydrogen-bond donors (Lipinski definition) is 3. The molecule has 334 valence electrons. The molecule has 1 unspecified atom stereocenters. The second kappa shape index (κ2) is 18.3. The first-order valence-electron chi connectivity index (χ1n) is 22.2. The van der Waals surface area contributed by atoms with E-state index in [0.717, 1.165) is 74.5 Å². The lowest BCUT2D eigenvalue weighted by molar-refractivity contribution is -0.134. The van der Waals surface area contributed by atoms with Crippen LogP contribution in [0.25, 0.3) is 27.6 Å². The number of hydrogen-bond acceptors (Lipinski definition) is 9. The Morgan fingerprint density at radius 3 is 2.38 bits per heavy atom. The molecule has 5 aromatic rings. The number of benzene rings is 3. The van der Waals surface area contributed by atoms with Crippen molar-refractivity contribution in [3.63, 3.8) is 0 Å². The third-order valence-corrected chi connectivity index (χ3v) is 13.2. The number of carbonyl (C=O) groups is 4. The lowest BCUT2D eigenvalue weighted by Crippen LogP contribution is -2.53. The van der Waals surface area contributed by atoms with Gasteiger partial charge in [0.05, 0.1) is 11.2 Å². The number of imide groups is 1. The van der Waals surface area contributed by atoms with Crippen LogP contribution in [0.1, 0.15) is 54.6 Å². The topological polar surface area (TPSA) is 142 Å².